The van der Waals surface area contributed by atoms with Gasteiger partial charge in [0.2, 0.25) is 0 Å². The van der Waals surface area contributed by atoms with E-state index in [-0.39, 0.29) is 11.0 Å². The number of nitrogen functional groups attached to an aromatic ring is 1. The van der Waals surface area contributed by atoms with Crippen molar-refractivity contribution in [1.82, 2.24) is 0 Å². The van der Waals surface area contributed by atoms with Crippen molar-refractivity contribution in [2.24, 2.45) is 0 Å². The Morgan fingerprint density at radius 1 is 1.33 bits per heavy atom. The molecule has 0 aromatic heterocycles. The van der Waals surface area contributed by atoms with Gasteiger partial charge in [-0.1, -0.05) is 12.1 Å². The molecule has 1 aliphatic rings. The van der Waals surface area contributed by atoms with Crippen molar-refractivity contribution in [1.29, 1.82) is 0 Å². The number of hydrogen-bond acceptors (Lipinski definition) is 4. The van der Waals surface area contributed by atoms with Gasteiger partial charge in [0.05, 0.1) is 11.0 Å². The maximum Gasteiger partial charge on any atom is 0.157 e. The minimum absolute atomic E-state index is 0.0779. The average Bonchev–Trinajstić information content (AvgIpc) is 2.36. The van der Waals surface area contributed by atoms with E-state index in [4.69, 9.17) is 10.5 Å². The van der Waals surface area contributed by atoms with Gasteiger partial charge in [-0.15, -0.1) is 0 Å². The van der Waals surface area contributed by atoms with Crippen LogP contribution in [0.15, 0.2) is 18.2 Å². The lowest BCUT2D eigenvalue weighted by atomic mass is 10.1. The molecule has 0 spiro atoms. The smallest absolute Gasteiger partial charge is 0.157 e. The zero-order valence-electron chi connectivity index (χ0n) is 10.6. The summed E-state index contributed by atoms with van der Waals surface area (Å²) in [7, 11) is -3.11. The first-order valence-corrected chi connectivity index (χ1v) is 7.85. The number of nitrogens with two attached hydrogens (primary N) is 1. The maximum atomic E-state index is 12.3. The molecule has 1 aromatic carbocycles. The second-order valence-electron chi connectivity index (χ2n) is 4.75. The standard InChI is InChI=1S/C13H19NO3S/c1-10-11(3-2-4-13(10)14)9-18(15,16)12-5-7-17-8-6-12/h2-4,12H,5-9,14H2,1H3. The van der Waals surface area contributed by atoms with Crippen molar-refractivity contribution < 1.29 is 13.2 Å². The summed E-state index contributed by atoms with van der Waals surface area (Å²) < 4.78 is 29.8. The molecule has 0 radical (unpaired) electrons. The molecule has 4 nitrogen and oxygen atoms in total. The number of hydrogen-bond donors (Lipinski definition) is 1. The Morgan fingerprint density at radius 2 is 2.00 bits per heavy atom. The fourth-order valence-corrected chi connectivity index (χ4v) is 4.12. The van der Waals surface area contributed by atoms with E-state index in [1.165, 1.54) is 0 Å². The Labute approximate surface area is 108 Å². The summed E-state index contributed by atoms with van der Waals surface area (Å²) in [5.74, 6) is 0.0779. The summed E-state index contributed by atoms with van der Waals surface area (Å²) >= 11 is 0. The van der Waals surface area contributed by atoms with Gasteiger partial charge in [-0.3, -0.25) is 0 Å². The highest BCUT2D eigenvalue weighted by Crippen LogP contribution is 2.23. The Bertz CT molecular complexity index is 519. The quantitative estimate of drug-likeness (QED) is 0.847. The molecule has 1 saturated heterocycles. The van der Waals surface area contributed by atoms with Crippen LogP contribution in [0, 0.1) is 6.92 Å². The fourth-order valence-electron chi connectivity index (χ4n) is 2.23. The molecule has 0 saturated carbocycles. The van der Waals surface area contributed by atoms with E-state index in [1.807, 2.05) is 13.0 Å². The second kappa shape index (κ2) is 5.28. The van der Waals surface area contributed by atoms with Gasteiger partial charge in [0.1, 0.15) is 0 Å². The number of rotatable bonds is 3. The molecule has 1 aliphatic heterocycles. The average molecular weight is 269 g/mol. The Kier molecular flexibility index (Phi) is 3.92. The summed E-state index contributed by atoms with van der Waals surface area (Å²) in [6.07, 6.45) is 1.20. The van der Waals surface area contributed by atoms with Gasteiger partial charge in [0, 0.05) is 18.9 Å². The number of sulfone groups is 1. The van der Waals surface area contributed by atoms with Crippen LogP contribution in [0.1, 0.15) is 24.0 Å². The van der Waals surface area contributed by atoms with Crippen LogP contribution in [0.3, 0.4) is 0 Å². The SMILES string of the molecule is Cc1c(N)cccc1CS(=O)(=O)C1CCOCC1. The van der Waals surface area contributed by atoms with Gasteiger partial charge in [-0.05, 0) is 37.0 Å². The summed E-state index contributed by atoms with van der Waals surface area (Å²) in [6.45, 7) is 2.95. The Hall–Kier alpha value is -1.07. The predicted octanol–water partition coefficient (Wildman–Crippen LogP) is 1.67. The third-order valence-corrected chi connectivity index (χ3v) is 5.72. The summed E-state index contributed by atoms with van der Waals surface area (Å²) in [6, 6.07) is 5.43. The highest BCUT2D eigenvalue weighted by molar-refractivity contribution is 7.91. The Balaban J connectivity index is 2.19. The van der Waals surface area contributed by atoms with E-state index in [9.17, 15) is 8.42 Å². The van der Waals surface area contributed by atoms with Gasteiger partial charge in [-0.25, -0.2) is 8.42 Å². The first-order valence-electron chi connectivity index (χ1n) is 6.14. The number of anilines is 1. The molecule has 2 rings (SSSR count). The molecule has 5 heteroatoms. The van der Waals surface area contributed by atoms with Crippen LogP contribution in [-0.4, -0.2) is 26.9 Å². The zero-order chi connectivity index (χ0) is 13.2. The normalized spacial score (nSPS) is 17.8. The molecule has 0 bridgehead atoms. The van der Waals surface area contributed by atoms with Crippen molar-refractivity contribution in [3.63, 3.8) is 0 Å². The molecular formula is C13H19NO3S. The molecule has 2 N–H and O–H groups in total. The third-order valence-electron chi connectivity index (χ3n) is 3.52. The molecular weight excluding hydrogens is 250 g/mol. The largest absolute Gasteiger partial charge is 0.399 e. The lowest BCUT2D eigenvalue weighted by Gasteiger charge is -2.22. The summed E-state index contributed by atoms with van der Waals surface area (Å²) in [4.78, 5) is 0. The monoisotopic (exact) mass is 269 g/mol. The predicted molar refractivity (Wildman–Crippen MR) is 72.1 cm³/mol. The highest BCUT2D eigenvalue weighted by atomic mass is 32.2. The van der Waals surface area contributed by atoms with Crippen LogP contribution in [-0.2, 0) is 20.3 Å². The van der Waals surface area contributed by atoms with Crippen molar-refractivity contribution in [3.8, 4) is 0 Å². The van der Waals surface area contributed by atoms with Crippen molar-refractivity contribution in [2.75, 3.05) is 18.9 Å². The van der Waals surface area contributed by atoms with Crippen molar-refractivity contribution >= 4 is 15.5 Å². The van der Waals surface area contributed by atoms with Crippen LogP contribution in [0.2, 0.25) is 0 Å². The molecule has 1 aromatic rings. The van der Waals surface area contributed by atoms with E-state index in [0.717, 1.165) is 11.1 Å². The van der Waals surface area contributed by atoms with E-state index >= 15 is 0 Å². The molecule has 0 atom stereocenters. The second-order valence-corrected chi connectivity index (χ2v) is 7.03. The first kappa shape index (κ1) is 13.4. The zero-order valence-corrected chi connectivity index (χ0v) is 11.4. The van der Waals surface area contributed by atoms with Crippen LogP contribution in [0.25, 0.3) is 0 Å². The molecule has 1 fully saturated rings. The van der Waals surface area contributed by atoms with Gasteiger partial charge in [0.15, 0.2) is 9.84 Å². The molecule has 0 aliphatic carbocycles. The minimum Gasteiger partial charge on any atom is -0.399 e. The van der Waals surface area contributed by atoms with Gasteiger partial charge < -0.3 is 10.5 Å². The van der Waals surface area contributed by atoms with Crippen molar-refractivity contribution in [2.45, 2.75) is 30.8 Å². The number of ether oxygens (including phenoxy) is 1. The fraction of sp³-hybridized carbons (Fsp3) is 0.538. The van der Waals surface area contributed by atoms with E-state index < -0.39 is 9.84 Å². The summed E-state index contributed by atoms with van der Waals surface area (Å²) in [5, 5.41) is -0.271. The van der Waals surface area contributed by atoms with E-state index in [0.29, 0.717) is 31.7 Å². The summed E-state index contributed by atoms with van der Waals surface area (Å²) in [5.41, 5.74) is 8.13. The Morgan fingerprint density at radius 3 is 2.67 bits per heavy atom. The molecule has 100 valence electrons. The van der Waals surface area contributed by atoms with Crippen LogP contribution < -0.4 is 5.73 Å². The molecule has 1 heterocycles. The van der Waals surface area contributed by atoms with Crippen LogP contribution in [0.4, 0.5) is 5.69 Å². The van der Waals surface area contributed by atoms with Crippen LogP contribution >= 0.6 is 0 Å². The lowest BCUT2D eigenvalue weighted by Crippen LogP contribution is -2.30. The van der Waals surface area contributed by atoms with E-state index in [2.05, 4.69) is 0 Å². The lowest BCUT2D eigenvalue weighted by molar-refractivity contribution is 0.0983. The van der Waals surface area contributed by atoms with Gasteiger partial charge >= 0.3 is 0 Å². The first-order chi connectivity index (χ1) is 8.50. The van der Waals surface area contributed by atoms with Gasteiger partial charge in [0.25, 0.3) is 0 Å². The minimum atomic E-state index is -3.11. The number of benzene rings is 1. The van der Waals surface area contributed by atoms with Crippen LogP contribution in [0.5, 0.6) is 0 Å². The van der Waals surface area contributed by atoms with Gasteiger partial charge in [-0.2, -0.15) is 0 Å². The molecule has 0 amide bonds. The molecule has 0 unspecified atom stereocenters. The topological polar surface area (TPSA) is 69.4 Å². The van der Waals surface area contributed by atoms with E-state index in [1.54, 1.807) is 12.1 Å². The molecule has 18 heavy (non-hydrogen) atoms. The maximum absolute atomic E-state index is 12.3. The third kappa shape index (κ3) is 2.84. The highest BCUT2D eigenvalue weighted by Gasteiger charge is 2.28. The van der Waals surface area contributed by atoms with Crippen molar-refractivity contribution in [3.05, 3.63) is 29.3 Å².